The Labute approximate surface area is 146 Å². The molecule has 0 atom stereocenters. The van der Waals surface area contributed by atoms with Crippen LogP contribution in [0.5, 0.6) is 0 Å². The zero-order valence-corrected chi connectivity index (χ0v) is 14.0. The van der Waals surface area contributed by atoms with E-state index in [4.69, 9.17) is 0 Å². The lowest BCUT2D eigenvalue weighted by atomic mass is 10.2. The van der Waals surface area contributed by atoms with Crippen LogP contribution in [-0.2, 0) is 0 Å². The molecule has 1 amide bonds. The van der Waals surface area contributed by atoms with Crippen molar-refractivity contribution in [2.45, 2.75) is 0 Å². The highest BCUT2D eigenvalue weighted by Gasteiger charge is 2.08. The van der Waals surface area contributed by atoms with Gasteiger partial charge in [0.1, 0.15) is 5.82 Å². The molecule has 3 rings (SSSR count). The number of hydrogen-bond acceptors (Lipinski definition) is 3. The predicted molar refractivity (Wildman–Crippen MR) is 96.0 cm³/mol. The van der Waals surface area contributed by atoms with Crippen molar-refractivity contribution >= 4 is 38.9 Å². The van der Waals surface area contributed by atoms with E-state index in [0.29, 0.717) is 16.9 Å². The van der Waals surface area contributed by atoms with Crippen LogP contribution in [0.4, 0.5) is 21.5 Å². The van der Waals surface area contributed by atoms with Crippen LogP contribution in [0.15, 0.2) is 71.5 Å². The third kappa shape index (κ3) is 4.17. The van der Waals surface area contributed by atoms with Gasteiger partial charge in [0, 0.05) is 22.0 Å². The zero-order valence-electron chi connectivity index (χ0n) is 12.5. The summed E-state index contributed by atoms with van der Waals surface area (Å²) in [7, 11) is 0. The second-order valence-electron chi connectivity index (χ2n) is 5.06. The van der Waals surface area contributed by atoms with E-state index in [-0.39, 0.29) is 5.91 Å². The van der Waals surface area contributed by atoms with Crippen LogP contribution in [0.2, 0.25) is 0 Å². The molecule has 0 saturated heterocycles. The van der Waals surface area contributed by atoms with E-state index in [0.717, 1.165) is 10.2 Å². The van der Waals surface area contributed by atoms with Gasteiger partial charge in [0.05, 0.1) is 17.4 Å². The first-order valence-corrected chi connectivity index (χ1v) is 7.94. The molecule has 0 spiro atoms. The number of hydrogen-bond donors (Lipinski definition) is 2. The molecule has 1 aromatic heterocycles. The zero-order chi connectivity index (χ0) is 16.9. The Morgan fingerprint density at radius 1 is 0.958 bits per heavy atom. The fourth-order valence-electron chi connectivity index (χ4n) is 2.10. The Morgan fingerprint density at radius 3 is 2.50 bits per heavy atom. The molecule has 0 aliphatic rings. The smallest absolute Gasteiger partial charge is 0.257 e. The predicted octanol–water partition coefficient (Wildman–Crippen LogP) is 4.98. The van der Waals surface area contributed by atoms with Gasteiger partial charge in [-0.3, -0.25) is 9.78 Å². The quantitative estimate of drug-likeness (QED) is 0.665. The maximum atomic E-state index is 13.2. The first-order chi connectivity index (χ1) is 11.6. The van der Waals surface area contributed by atoms with Crippen molar-refractivity contribution in [3.05, 3.63) is 82.8 Å². The Balaban J connectivity index is 1.74. The van der Waals surface area contributed by atoms with E-state index in [1.54, 1.807) is 18.3 Å². The van der Waals surface area contributed by atoms with Crippen LogP contribution >= 0.6 is 15.9 Å². The topological polar surface area (TPSA) is 54.0 Å². The van der Waals surface area contributed by atoms with Crippen molar-refractivity contribution in [2.75, 3.05) is 10.6 Å². The molecule has 0 unspecified atom stereocenters. The third-order valence-corrected chi connectivity index (χ3v) is 3.74. The van der Waals surface area contributed by atoms with Gasteiger partial charge in [-0.05, 0) is 48.5 Å². The van der Waals surface area contributed by atoms with Crippen LogP contribution in [0.1, 0.15) is 10.4 Å². The first kappa shape index (κ1) is 16.1. The fraction of sp³-hybridized carbons (Fsp3) is 0. The third-order valence-electron chi connectivity index (χ3n) is 3.22. The van der Waals surface area contributed by atoms with Crippen molar-refractivity contribution in [1.29, 1.82) is 0 Å². The Hall–Kier alpha value is -2.73. The number of halogens is 2. The standard InChI is InChI=1S/C18H13BrFN3O/c19-13-4-6-15(7-5-13)22-17-8-12(10-21-11-17)18(24)23-16-3-1-2-14(20)9-16/h1-11,22H,(H,23,24). The second kappa shape index (κ2) is 7.23. The van der Waals surface area contributed by atoms with Gasteiger partial charge in [0.2, 0.25) is 0 Å². The van der Waals surface area contributed by atoms with E-state index < -0.39 is 5.82 Å². The molecule has 0 aliphatic heterocycles. The van der Waals surface area contributed by atoms with Crippen molar-refractivity contribution in [3.63, 3.8) is 0 Å². The minimum Gasteiger partial charge on any atom is -0.354 e. The first-order valence-electron chi connectivity index (χ1n) is 7.15. The number of rotatable bonds is 4. The molecule has 1 heterocycles. The van der Waals surface area contributed by atoms with Crippen molar-refractivity contribution in [2.24, 2.45) is 0 Å². The number of carbonyl (C=O) groups excluding carboxylic acids is 1. The molecule has 120 valence electrons. The number of nitrogens with one attached hydrogen (secondary N) is 2. The molecule has 6 heteroatoms. The minimum atomic E-state index is -0.406. The summed E-state index contributed by atoms with van der Waals surface area (Å²) in [4.78, 5) is 16.3. The van der Waals surface area contributed by atoms with E-state index in [2.05, 4.69) is 31.5 Å². The molecular formula is C18H13BrFN3O. The monoisotopic (exact) mass is 385 g/mol. The number of benzene rings is 2. The molecule has 4 nitrogen and oxygen atoms in total. The largest absolute Gasteiger partial charge is 0.354 e. The molecule has 0 aliphatic carbocycles. The van der Waals surface area contributed by atoms with Gasteiger partial charge in [-0.1, -0.05) is 22.0 Å². The minimum absolute atomic E-state index is 0.354. The van der Waals surface area contributed by atoms with Gasteiger partial charge < -0.3 is 10.6 Å². The van der Waals surface area contributed by atoms with E-state index in [9.17, 15) is 9.18 Å². The van der Waals surface area contributed by atoms with Gasteiger partial charge >= 0.3 is 0 Å². The molecule has 0 saturated carbocycles. The van der Waals surface area contributed by atoms with Crippen LogP contribution < -0.4 is 10.6 Å². The molecule has 2 aromatic carbocycles. The summed E-state index contributed by atoms with van der Waals surface area (Å²) < 4.78 is 14.2. The molecule has 24 heavy (non-hydrogen) atoms. The molecule has 0 fully saturated rings. The Bertz CT molecular complexity index is 868. The van der Waals surface area contributed by atoms with E-state index in [1.807, 2.05) is 24.3 Å². The molecule has 0 bridgehead atoms. The van der Waals surface area contributed by atoms with Crippen LogP contribution in [0.3, 0.4) is 0 Å². The number of anilines is 3. The van der Waals surface area contributed by atoms with E-state index in [1.165, 1.54) is 24.4 Å². The highest BCUT2D eigenvalue weighted by atomic mass is 79.9. The second-order valence-corrected chi connectivity index (χ2v) is 5.97. The van der Waals surface area contributed by atoms with Crippen LogP contribution in [0.25, 0.3) is 0 Å². The summed E-state index contributed by atoms with van der Waals surface area (Å²) >= 11 is 3.38. The average molecular weight is 386 g/mol. The maximum Gasteiger partial charge on any atom is 0.257 e. The maximum absolute atomic E-state index is 13.2. The summed E-state index contributed by atoms with van der Waals surface area (Å²) in [6.07, 6.45) is 3.09. The number of nitrogens with zero attached hydrogens (tertiary/aromatic N) is 1. The summed E-state index contributed by atoms with van der Waals surface area (Å²) in [5, 5.41) is 5.82. The van der Waals surface area contributed by atoms with Gasteiger partial charge in [0.15, 0.2) is 0 Å². The number of pyridine rings is 1. The number of carbonyl (C=O) groups is 1. The summed E-state index contributed by atoms with van der Waals surface area (Å²) in [5.74, 6) is -0.760. The summed E-state index contributed by atoms with van der Waals surface area (Å²) in [6, 6.07) is 15.1. The summed E-state index contributed by atoms with van der Waals surface area (Å²) in [6.45, 7) is 0. The van der Waals surface area contributed by atoms with Gasteiger partial charge in [-0.2, -0.15) is 0 Å². The van der Waals surface area contributed by atoms with Gasteiger partial charge in [-0.15, -0.1) is 0 Å². The lowest BCUT2D eigenvalue weighted by Crippen LogP contribution is -2.12. The van der Waals surface area contributed by atoms with Gasteiger partial charge in [-0.25, -0.2) is 4.39 Å². The lowest BCUT2D eigenvalue weighted by molar-refractivity contribution is 0.102. The van der Waals surface area contributed by atoms with Crippen LogP contribution in [-0.4, -0.2) is 10.9 Å². The number of amides is 1. The highest BCUT2D eigenvalue weighted by molar-refractivity contribution is 9.10. The van der Waals surface area contributed by atoms with Crippen molar-refractivity contribution < 1.29 is 9.18 Å². The summed E-state index contributed by atoms with van der Waals surface area (Å²) in [5.41, 5.74) is 2.33. The van der Waals surface area contributed by atoms with E-state index >= 15 is 0 Å². The van der Waals surface area contributed by atoms with Crippen molar-refractivity contribution in [3.8, 4) is 0 Å². The molecule has 2 N–H and O–H groups in total. The molecule has 0 radical (unpaired) electrons. The number of aromatic nitrogens is 1. The molecular weight excluding hydrogens is 373 g/mol. The average Bonchev–Trinajstić information content (AvgIpc) is 2.57. The lowest BCUT2D eigenvalue weighted by Gasteiger charge is -2.09. The van der Waals surface area contributed by atoms with Crippen LogP contribution in [0, 0.1) is 5.82 Å². The Kier molecular flexibility index (Phi) is 4.86. The molecule has 3 aromatic rings. The van der Waals surface area contributed by atoms with Crippen molar-refractivity contribution in [1.82, 2.24) is 4.98 Å². The normalized spacial score (nSPS) is 10.2. The Morgan fingerprint density at radius 2 is 1.75 bits per heavy atom. The fourth-order valence-corrected chi connectivity index (χ4v) is 2.37. The highest BCUT2D eigenvalue weighted by Crippen LogP contribution is 2.20. The SMILES string of the molecule is O=C(Nc1cccc(F)c1)c1cncc(Nc2ccc(Br)cc2)c1. The van der Waals surface area contributed by atoms with Gasteiger partial charge in [0.25, 0.3) is 5.91 Å².